The summed E-state index contributed by atoms with van der Waals surface area (Å²) in [7, 11) is 0. The van der Waals surface area contributed by atoms with Gasteiger partial charge in [0.25, 0.3) is 0 Å². The summed E-state index contributed by atoms with van der Waals surface area (Å²) in [5.74, 6) is -2.12. The highest BCUT2D eigenvalue weighted by Crippen LogP contribution is 2.72. The van der Waals surface area contributed by atoms with Crippen LogP contribution in [-0.4, -0.2) is 58.6 Å². The number of Topliss-reactive ketones (excluding diaryl/α,β-unsaturated/α-hetero) is 1. The average Bonchev–Trinajstić information content (AvgIpc) is 3.01. The van der Waals surface area contributed by atoms with Gasteiger partial charge in [-0.2, -0.15) is 0 Å². The number of ketones is 2. The van der Waals surface area contributed by atoms with Gasteiger partial charge in [-0.15, -0.1) is 11.6 Å². The number of carbonyl (C=O) groups is 4. The fourth-order valence-electron chi connectivity index (χ4n) is 7.95. The Labute approximate surface area is 216 Å². The molecule has 36 heavy (non-hydrogen) atoms. The molecule has 198 valence electrons. The lowest BCUT2D eigenvalue weighted by molar-refractivity contribution is -0.187. The van der Waals surface area contributed by atoms with Crippen molar-refractivity contribution in [3.05, 3.63) is 23.8 Å². The van der Waals surface area contributed by atoms with Gasteiger partial charge in [0.15, 0.2) is 18.0 Å². The predicted octanol–water partition coefficient (Wildman–Crippen LogP) is 3.92. The summed E-state index contributed by atoms with van der Waals surface area (Å²) in [4.78, 5) is 48.9. The number of rotatable bonds is 5. The van der Waals surface area contributed by atoms with Crippen LogP contribution in [0, 0.1) is 28.6 Å². The van der Waals surface area contributed by atoms with E-state index < -0.39 is 57.8 Å². The molecular formula is C27H35ClO8. The van der Waals surface area contributed by atoms with Gasteiger partial charge in [0.1, 0.15) is 0 Å². The number of ether oxygens (including phenoxy) is 3. The molecule has 4 aliphatic rings. The predicted molar refractivity (Wildman–Crippen MR) is 130 cm³/mol. The largest absolute Gasteiger partial charge is 0.509 e. The highest BCUT2D eigenvalue weighted by atomic mass is 35.5. The number of aliphatic hydroxyl groups is 1. The highest BCUT2D eigenvalue weighted by Gasteiger charge is 2.76. The molecule has 0 bridgehead atoms. The highest BCUT2D eigenvalue weighted by molar-refractivity contribution is 6.26. The molecule has 4 rings (SSSR count). The number of aliphatic hydroxyl groups excluding tert-OH is 1. The fraction of sp³-hybridized carbons (Fsp3) is 0.704. The molecule has 9 heteroatoms. The van der Waals surface area contributed by atoms with E-state index in [0.29, 0.717) is 19.3 Å². The van der Waals surface area contributed by atoms with Crippen molar-refractivity contribution >= 4 is 35.3 Å². The third kappa shape index (κ3) is 3.51. The van der Waals surface area contributed by atoms with Gasteiger partial charge in [0.2, 0.25) is 5.78 Å². The van der Waals surface area contributed by atoms with Gasteiger partial charge < -0.3 is 19.3 Å². The van der Waals surface area contributed by atoms with Gasteiger partial charge in [0, 0.05) is 23.7 Å². The maximum atomic E-state index is 13.8. The van der Waals surface area contributed by atoms with Crippen molar-refractivity contribution in [3.63, 3.8) is 0 Å². The topological polar surface area (TPSA) is 116 Å². The summed E-state index contributed by atoms with van der Waals surface area (Å²) in [6.07, 6.45) is 4.73. The summed E-state index contributed by atoms with van der Waals surface area (Å²) in [6, 6.07) is 0. The van der Waals surface area contributed by atoms with Crippen molar-refractivity contribution in [2.45, 2.75) is 76.9 Å². The van der Waals surface area contributed by atoms with Crippen molar-refractivity contribution in [1.82, 2.24) is 0 Å². The second-order valence-corrected chi connectivity index (χ2v) is 11.8. The SMILES string of the molecule is CCOC(=O)O[C@]1(C(=O)COC(C)=O)[C@H](C)C[C@H]2[C@@H]3CCC4=CC(=O)C=C[C@]4(C)[C@@]3(Cl)C(O)C[C@@]21C. The van der Waals surface area contributed by atoms with Crippen LogP contribution in [0.25, 0.3) is 0 Å². The lowest BCUT2D eigenvalue weighted by atomic mass is 9.45. The maximum Gasteiger partial charge on any atom is 0.509 e. The second-order valence-electron chi connectivity index (χ2n) is 11.1. The molecule has 0 spiro atoms. The molecule has 0 aromatic heterocycles. The second kappa shape index (κ2) is 8.98. The number of carbonyl (C=O) groups excluding carboxylic acids is 4. The Kier molecular flexibility index (Phi) is 6.70. The molecule has 3 fully saturated rings. The zero-order valence-electron chi connectivity index (χ0n) is 21.5. The molecule has 1 N–H and O–H groups in total. The van der Waals surface area contributed by atoms with Crippen molar-refractivity contribution in [2.75, 3.05) is 13.2 Å². The monoisotopic (exact) mass is 522 g/mol. The summed E-state index contributed by atoms with van der Waals surface area (Å²) in [5.41, 5.74) is -2.52. The van der Waals surface area contributed by atoms with E-state index in [4.69, 9.17) is 25.8 Å². The molecule has 8 nitrogen and oxygen atoms in total. The van der Waals surface area contributed by atoms with Crippen molar-refractivity contribution < 1.29 is 38.5 Å². The van der Waals surface area contributed by atoms with Gasteiger partial charge in [-0.3, -0.25) is 14.4 Å². The first-order valence-corrected chi connectivity index (χ1v) is 13.0. The van der Waals surface area contributed by atoms with Crippen LogP contribution in [0.2, 0.25) is 0 Å². The summed E-state index contributed by atoms with van der Waals surface area (Å²) in [5, 5.41) is 11.8. The van der Waals surface area contributed by atoms with E-state index in [2.05, 4.69) is 0 Å². The minimum absolute atomic E-state index is 0.0656. The molecule has 0 aliphatic heterocycles. The lowest BCUT2D eigenvalue weighted by Crippen LogP contribution is -2.69. The van der Waals surface area contributed by atoms with Crippen molar-refractivity contribution in [3.8, 4) is 0 Å². The molecule has 0 amide bonds. The third-order valence-electron chi connectivity index (χ3n) is 9.51. The van der Waals surface area contributed by atoms with Crippen LogP contribution in [0.1, 0.15) is 60.3 Å². The molecular weight excluding hydrogens is 488 g/mol. The molecule has 1 unspecified atom stereocenters. The Morgan fingerprint density at radius 1 is 1.19 bits per heavy atom. The Hall–Kier alpha value is -2.19. The molecule has 0 radical (unpaired) electrons. The summed E-state index contributed by atoms with van der Waals surface area (Å²) >= 11 is 7.46. The molecule has 3 saturated carbocycles. The van der Waals surface area contributed by atoms with Gasteiger partial charge in [-0.05, 0) is 56.6 Å². The third-order valence-corrected chi connectivity index (χ3v) is 10.4. The van der Waals surface area contributed by atoms with Crippen LogP contribution >= 0.6 is 11.6 Å². The van der Waals surface area contributed by atoms with E-state index in [9.17, 15) is 24.3 Å². The first-order valence-electron chi connectivity index (χ1n) is 12.6. The molecule has 0 aromatic rings. The Morgan fingerprint density at radius 3 is 2.53 bits per heavy atom. The zero-order valence-corrected chi connectivity index (χ0v) is 22.2. The van der Waals surface area contributed by atoms with Crippen LogP contribution < -0.4 is 0 Å². The summed E-state index contributed by atoms with van der Waals surface area (Å²) < 4.78 is 16.0. The zero-order chi connectivity index (χ0) is 26.7. The number of halogens is 1. The van der Waals surface area contributed by atoms with Crippen LogP contribution in [0.4, 0.5) is 4.79 Å². The van der Waals surface area contributed by atoms with Gasteiger partial charge in [-0.1, -0.05) is 32.4 Å². The van der Waals surface area contributed by atoms with E-state index in [1.165, 1.54) is 13.0 Å². The number of alkyl halides is 1. The van der Waals surface area contributed by atoms with Crippen molar-refractivity contribution in [2.24, 2.45) is 28.6 Å². The lowest BCUT2D eigenvalue weighted by Gasteiger charge is -2.64. The minimum atomic E-state index is -1.67. The molecule has 8 atom stereocenters. The minimum Gasteiger partial charge on any atom is -0.458 e. The number of fused-ring (bicyclic) bond motifs is 5. The first-order chi connectivity index (χ1) is 16.8. The van der Waals surface area contributed by atoms with E-state index in [0.717, 1.165) is 5.57 Å². The molecule has 0 heterocycles. The average molecular weight is 523 g/mol. The molecule has 0 aromatic carbocycles. The van der Waals surface area contributed by atoms with Crippen LogP contribution in [-0.2, 0) is 28.6 Å². The fourth-order valence-corrected chi connectivity index (χ4v) is 8.47. The number of hydrogen-bond acceptors (Lipinski definition) is 8. The summed E-state index contributed by atoms with van der Waals surface area (Å²) in [6.45, 7) is 8.02. The van der Waals surface area contributed by atoms with Crippen LogP contribution in [0.15, 0.2) is 23.8 Å². The Morgan fingerprint density at radius 2 is 1.89 bits per heavy atom. The number of esters is 1. The quantitative estimate of drug-likeness (QED) is 0.426. The van der Waals surface area contributed by atoms with Gasteiger partial charge in [-0.25, -0.2) is 4.79 Å². The number of hydrogen-bond donors (Lipinski definition) is 1. The van der Waals surface area contributed by atoms with E-state index in [-0.39, 0.29) is 30.6 Å². The van der Waals surface area contributed by atoms with E-state index in [1.807, 2.05) is 26.8 Å². The van der Waals surface area contributed by atoms with E-state index in [1.54, 1.807) is 13.0 Å². The van der Waals surface area contributed by atoms with Gasteiger partial charge in [0.05, 0.1) is 17.6 Å². The smallest absolute Gasteiger partial charge is 0.458 e. The normalized spacial score (nSPS) is 43.0. The maximum absolute atomic E-state index is 13.8. The Balaban J connectivity index is 1.81. The van der Waals surface area contributed by atoms with E-state index >= 15 is 0 Å². The Bertz CT molecular complexity index is 1050. The van der Waals surface area contributed by atoms with Gasteiger partial charge >= 0.3 is 12.1 Å². The van der Waals surface area contributed by atoms with Crippen LogP contribution in [0.5, 0.6) is 0 Å². The molecule has 0 saturated heterocycles. The van der Waals surface area contributed by atoms with Crippen molar-refractivity contribution in [1.29, 1.82) is 0 Å². The number of allylic oxidation sites excluding steroid dienone is 4. The first kappa shape index (κ1) is 26.9. The standard InChI is InChI=1S/C27H35ClO8/c1-6-34-23(33)36-27(22(32)14-35-16(3)29)15(2)11-20-19-8-7-17-12-18(30)9-10-24(17,4)26(19,28)21(31)13-25(20,27)5/h9-10,12,15,19-21,31H,6-8,11,13-14H2,1-5H3/t15-,19+,20+,21?,24+,25+,26+,27+/m1/s1. The molecule has 4 aliphatic carbocycles. The van der Waals surface area contributed by atoms with Crippen LogP contribution in [0.3, 0.4) is 0 Å².